The first kappa shape index (κ1) is 19.8. The molecule has 5 rings (SSSR count). The fourth-order valence-electron chi connectivity index (χ4n) is 4.52. The van der Waals surface area contributed by atoms with Crippen LogP contribution in [0.2, 0.25) is 0 Å². The third kappa shape index (κ3) is 3.47. The Bertz CT molecular complexity index is 972. The van der Waals surface area contributed by atoms with E-state index in [1.165, 1.54) is 4.21 Å². The zero-order chi connectivity index (χ0) is 18.4. The van der Waals surface area contributed by atoms with Crippen molar-refractivity contribution in [1.82, 2.24) is 4.90 Å². The number of likely N-dealkylation sites (tertiary alicyclic amines) is 1. The second-order valence-electron chi connectivity index (χ2n) is 7.50. The highest BCUT2D eigenvalue weighted by molar-refractivity contribution is 8.00. The average molecular weight is 435 g/mol. The number of thiophene rings is 1. The summed E-state index contributed by atoms with van der Waals surface area (Å²) in [5, 5.41) is 3.12. The molecule has 3 heterocycles. The number of carbonyl (C=O) groups is 1. The topological polar surface area (TPSA) is 59.5 Å². The van der Waals surface area contributed by atoms with E-state index in [9.17, 15) is 4.79 Å². The van der Waals surface area contributed by atoms with Crippen LogP contribution < -0.4 is 5.73 Å². The first-order valence-corrected chi connectivity index (χ1v) is 11.3. The molecule has 2 fully saturated rings. The number of halogens is 1. The molecule has 2 aliphatic rings. The fourth-order valence-corrected chi connectivity index (χ4v) is 6.33. The lowest BCUT2D eigenvalue weighted by Crippen LogP contribution is -2.33. The van der Waals surface area contributed by atoms with Gasteiger partial charge in [0.25, 0.3) is 5.91 Å². The van der Waals surface area contributed by atoms with Gasteiger partial charge in [0.1, 0.15) is 5.58 Å². The van der Waals surface area contributed by atoms with Crippen LogP contribution in [0, 0.1) is 11.8 Å². The van der Waals surface area contributed by atoms with Crippen LogP contribution >= 0.6 is 35.5 Å². The minimum Gasteiger partial charge on any atom is -0.451 e. The summed E-state index contributed by atoms with van der Waals surface area (Å²) in [5.41, 5.74) is 8.05. The predicted molar refractivity (Wildman–Crippen MR) is 117 cm³/mol. The molecule has 0 bridgehead atoms. The van der Waals surface area contributed by atoms with Gasteiger partial charge in [0.15, 0.2) is 5.76 Å². The Labute approximate surface area is 178 Å². The van der Waals surface area contributed by atoms with Crippen LogP contribution in [0.5, 0.6) is 0 Å². The Morgan fingerprint density at radius 2 is 2.07 bits per heavy atom. The van der Waals surface area contributed by atoms with Crippen molar-refractivity contribution in [3.63, 3.8) is 0 Å². The molecule has 1 aliphatic heterocycles. The molecular weight excluding hydrogens is 412 g/mol. The van der Waals surface area contributed by atoms with Gasteiger partial charge in [-0.3, -0.25) is 4.79 Å². The van der Waals surface area contributed by atoms with E-state index in [1.807, 2.05) is 23.1 Å². The molecule has 1 aliphatic carbocycles. The summed E-state index contributed by atoms with van der Waals surface area (Å²) >= 11 is 3.48. The summed E-state index contributed by atoms with van der Waals surface area (Å²) in [7, 11) is 0. The minimum absolute atomic E-state index is 0. The van der Waals surface area contributed by atoms with Gasteiger partial charge in [0.2, 0.25) is 0 Å². The molecule has 2 aromatic heterocycles. The van der Waals surface area contributed by atoms with Crippen LogP contribution in [0.3, 0.4) is 0 Å². The van der Waals surface area contributed by atoms with Crippen LogP contribution in [0.4, 0.5) is 0 Å². The number of thioether (sulfide) groups is 1. The summed E-state index contributed by atoms with van der Waals surface area (Å²) in [6.07, 6.45) is 2.22. The molecule has 1 saturated carbocycles. The van der Waals surface area contributed by atoms with Crippen LogP contribution in [0.25, 0.3) is 11.0 Å². The molecule has 3 aromatic rings. The largest absolute Gasteiger partial charge is 0.451 e. The number of furan rings is 1. The molecule has 0 radical (unpaired) electrons. The van der Waals surface area contributed by atoms with Gasteiger partial charge in [-0.05, 0) is 42.2 Å². The lowest BCUT2D eigenvalue weighted by atomic mass is 9.98. The fraction of sp³-hybridized carbons (Fsp3) is 0.381. The van der Waals surface area contributed by atoms with Crippen LogP contribution in [-0.2, 0) is 5.75 Å². The second kappa shape index (κ2) is 8.11. The van der Waals surface area contributed by atoms with Gasteiger partial charge in [-0.2, -0.15) is 0 Å². The maximum Gasteiger partial charge on any atom is 0.289 e. The maximum atomic E-state index is 13.3. The van der Waals surface area contributed by atoms with Gasteiger partial charge in [0, 0.05) is 35.8 Å². The lowest BCUT2D eigenvalue weighted by Gasteiger charge is -2.18. The van der Waals surface area contributed by atoms with E-state index >= 15 is 0 Å². The molecule has 3 unspecified atom stereocenters. The summed E-state index contributed by atoms with van der Waals surface area (Å²) in [6.45, 7) is 1.57. The highest BCUT2D eigenvalue weighted by atomic mass is 35.5. The van der Waals surface area contributed by atoms with Crippen molar-refractivity contribution in [3.05, 3.63) is 53.1 Å². The first-order valence-electron chi connectivity index (χ1n) is 9.42. The number of hydrogen-bond donors (Lipinski definition) is 1. The van der Waals surface area contributed by atoms with Gasteiger partial charge < -0.3 is 15.1 Å². The van der Waals surface area contributed by atoms with Crippen molar-refractivity contribution in [2.45, 2.75) is 28.8 Å². The number of nitrogens with zero attached hydrogens (tertiary/aromatic N) is 1. The number of carbonyl (C=O) groups excluding carboxylic acids is 1. The molecule has 7 heteroatoms. The Kier molecular flexibility index (Phi) is 5.74. The zero-order valence-electron chi connectivity index (χ0n) is 15.4. The van der Waals surface area contributed by atoms with E-state index in [0.29, 0.717) is 17.6 Å². The summed E-state index contributed by atoms with van der Waals surface area (Å²) < 4.78 is 7.31. The molecule has 1 saturated heterocycles. The van der Waals surface area contributed by atoms with Crippen molar-refractivity contribution in [1.29, 1.82) is 0 Å². The minimum atomic E-state index is 0. The summed E-state index contributed by atoms with van der Waals surface area (Å²) in [6, 6.07) is 12.4. The van der Waals surface area contributed by atoms with E-state index in [1.54, 1.807) is 23.1 Å². The second-order valence-corrected chi connectivity index (χ2v) is 9.73. The van der Waals surface area contributed by atoms with Crippen molar-refractivity contribution >= 4 is 52.4 Å². The number of amides is 1. The molecule has 4 nitrogen and oxygen atoms in total. The number of benzene rings is 1. The molecule has 0 spiro atoms. The van der Waals surface area contributed by atoms with Crippen molar-refractivity contribution in [2.75, 3.05) is 13.1 Å². The van der Waals surface area contributed by atoms with E-state index < -0.39 is 0 Å². The van der Waals surface area contributed by atoms with Gasteiger partial charge in [-0.15, -0.1) is 35.5 Å². The van der Waals surface area contributed by atoms with E-state index in [-0.39, 0.29) is 24.4 Å². The number of fused-ring (bicyclic) bond motifs is 2. The Morgan fingerprint density at radius 3 is 2.86 bits per heavy atom. The third-order valence-electron chi connectivity index (χ3n) is 5.95. The third-order valence-corrected chi connectivity index (χ3v) is 8.10. The molecule has 148 valence electrons. The first-order chi connectivity index (χ1) is 13.2. The standard InChI is InChI=1S/C21H22N2O2S2.ClH/c22-17-8-7-13-10-23(11-15(13)17)21(24)20-16(12-27-19-6-3-9-26-19)14-4-1-2-5-18(14)25-20;/h1-6,9,13,15,17H,7-8,10-12,22H2;1H. The van der Waals surface area contributed by atoms with Gasteiger partial charge >= 0.3 is 0 Å². The van der Waals surface area contributed by atoms with Crippen LogP contribution in [0.15, 0.2) is 50.4 Å². The van der Waals surface area contributed by atoms with Gasteiger partial charge in [-0.25, -0.2) is 0 Å². The molecule has 2 N–H and O–H groups in total. The number of nitrogens with two attached hydrogens (primary N) is 1. The van der Waals surface area contributed by atoms with Crippen LogP contribution in [-0.4, -0.2) is 29.9 Å². The van der Waals surface area contributed by atoms with Crippen molar-refractivity contribution < 1.29 is 9.21 Å². The van der Waals surface area contributed by atoms with Gasteiger partial charge in [0.05, 0.1) is 4.21 Å². The van der Waals surface area contributed by atoms with Gasteiger partial charge in [-0.1, -0.05) is 24.3 Å². The predicted octanol–water partition coefficient (Wildman–Crippen LogP) is 5.02. The number of hydrogen-bond acceptors (Lipinski definition) is 5. The molecule has 3 atom stereocenters. The quantitative estimate of drug-likeness (QED) is 0.586. The highest BCUT2D eigenvalue weighted by Gasteiger charge is 2.43. The Hall–Kier alpha value is -1.47. The zero-order valence-corrected chi connectivity index (χ0v) is 17.8. The lowest BCUT2D eigenvalue weighted by molar-refractivity contribution is 0.0749. The average Bonchev–Trinajstić information content (AvgIpc) is 3.45. The SMILES string of the molecule is Cl.NC1CCC2CN(C(=O)c3oc4ccccc4c3CSc3cccs3)CC12. The van der Waals surface area contributed by atoms with Crippen molar-refractivity contribution in [2.24, 2.45) is 17.6 Å². The Morgan fingerprint density at radius 1 is 1.21 bits per heavy atom. The normalized spacial score (nSPS) is 23.8. The monoisotopic (exact) mass is 434 g/mol. The van der Waals surface area contributed by atoms with E-state index in [0.717, 1.165) is 48.2 Å². The number of rotatable bonds is 4. The summed E-state index contributed by atoms with van der Waals surface area (Å²) in [4.78, 5) is 15.3. The highest BCUT2D eigenvalue weighted by Crippen LogP contribution is 2.39. The Balaban J connectivity index is 0.00000192. The van der Waals surface area contributed by atoms with E-state index in [4.69, 9.17) is 10.2 Å². The molecule has 28 heavy (non-hydrogen) atoms. The molecular formula is C21H23ClN2O2S2. The summed E-state index contributed by atoms with van der Waals surface area (Å²) in [5.74, 6) is 2.27. The van der Waals surface area contributed by atoms with Crippen molar-refractivity contribution in [3.8, 4) is 0 Å². The molecule has 1 amide bonds. The number of para-hydroxylation sites is 1. The van der Waals surface area contributed by atoms with Crippen LogP contribution in [0.1, 0.15) is 29.0 Å². The van der Waals surface area contributed by atoms with E-state index in [2.05, 4.69) is 23.6 Å². The maximum absolute atomic E-state index is 13.3. The smallest absolute Gasteiger partial charge is 0.289 e. The molecule has 1 aromatic carbocycles.